The van der Waals surface area contributed by atoms with Crippen molar-refractivity contribution in [2.45, 2.75) is 47.9 Å². The largest absolute Gasteiger partial charge is 0.457 e. The van der Waals surface area contributed by atoms with Gasteiger partial charge in [0.1, 0.15) is 11.5 Å². The molecule has 8 nitrogen and oxygen atoms in total. The van der Waals surface area contributed by atoms with Crippen LogP contribution < -0.4 is 20.7 Å². The Labute approximate surface area is 197 Å². The molecule has 0 saturated carbocycles. The van der Waals surface area contributed by atoms with E-state index in [0.29, 0.717) is 28.9 Å². The first-order valence-electron chi connectivity index (χ1n) is 10.8. The minimum Gasteiger partial charge on any atom is -0.457 e. The summed E-state index contributed by atoms with van der Waals surface area (Å²) < 4.78 is 28.8. The van der Waals surface area contributed by atoms with Gasteiger partial charge >= 0.3 is 6.03 Å². The van der Waals surface area contributed by atoms with Gasteiger partial charge in [0.25, 0.3) is 0 Å². The molecule has 10 heteroatoms. The predicted molar refractivity (Wildman–Crippen MR) is 129 cm³/mol. The molecule has 0 aromatic heterocycles. The molecular formula is C23H27N3O5S2. The van der Waals surface area contributed by atoms with Crippen LogP contribution in [0.25, 0.3) is 0 Å². The molecule has 0 radical (unpaired) electrons. The van der Waals surface area contributed by atoms with Gasteiger partial charge in [0.2, 0.25) is 5.91 Å². The van der Waals surface area contributed by atoms with Crippen molar-refractivity contribution >= 4 is 39.2 Å². The zero-order valence-electron chi connectivity index (χ0n) is 18.2. The molecule has 0 bridgehead atoms. The van der Waals surface area contributed by atoms with Gasteiger partial charge in [-0.2, -0.15) is 11.8 Å². The van der Waals surface area contributed by atoms with E-state index in [2.05, 4.69) is 16.0 Å². The van der Waals surface area contributed by atoms with Crippen molar-refractivity contribution in [1.29, 1.82) is 0 Å². The lowest BCUT2D eigenvalue weighted by atomic mass is 10.0. The van der Waals surface area contributed by atoms with Crippen LogP contribution in [0.4, 0.5) is 10.5 Å². The van der Waals surface area contributed by atoms with Crippen LogP contribution in [0.3, 0.4) is 0 Å². The number of hydrogen-bond donors (Lipinski definition) is 3. The fourth-order valence-electron chi connectivity index (χ4n) is 3.99. The van der Waals surface area contributed by atoms with Gasteiger partial charge < -0.3 is 20.7 Å². The maximum Gasteiger partial charge on any atom is 0.315 e. The van der Waals surface area contributed by atoms with Gasteiger partial charge in [0.05, 0.1) is 17.0 Å². The second-order valence-electron chi connectivity index (χ2n) is 8.29. The zero-order chi connectivity index (χ0) is 23.4. The summed E-state index contributed by atoms with van der Waals surface area (Å²) in [5.74, 6) is 2.02. The van der Waals surface area contributed by atoms with Crippen molar-refractivity contribution in [3.05, 3.63) is 48.5 Å². The Hall–Kier alpha value is -2.72. The van der Waals surface area contributed by atoms with E-state index in [1.54, 1.807) is 36.4 Å². The molecule has 0 spiro atoms. The maximum atomic E-state index is 12.3. The first kappa shape index (κ1) is 23.4. The second-order valence-corrected chi connectivity index (χ2v) is 11.6. The number of unbranched alkanes of at least 4 members (excludes halogenated alkanes) is 1. The molecule has 3 amide bonds. The topological polar surface area (TPSA) is 114 Å². The smallest absolute Gasteiger partial charge is 0.315 e. The van der Waals surface area contributed by atoms with E-state index in [-0.39, 0.29) is 28.9 Å². The van der Waals surface area contributed by atoms with Crippen LogP contribution in [0.2, 0.25) is 0 Å². The highest BCUT2D eigenvalue weighted by molar-refractivity contribution is 8.00. The lowest BCUT2D eigenvalue weighted by Crippen LogP contribution is -2.36. The zero-order valence-corrected chi connectivity index (χ0v) is 19.9. The number of hydrogen-bond acceptors (Lipinski definition) is 6. The van der Waals surface area contributed by atoms with E-state index in [9.17, 15) is 18.0 Å². The number of carbonyl (C=O) groups excluding carboxylic acids is 2. The number of nitrogens with one attached hydrogen (secondary N) is 3. The van der Waals surface area contributed by atoms with E-state index in [4.69, 9.17) is 4.74 Å². The fourth-order valence-corrected chi connectivity index (χ4v) is 6.17. The molecule has 2 aliphatic rings. The highest BCUT2D eigenvalue weighted by Crippen LogP contribution is 2.33. The fraction of sp³-hybridized carbons (Fsp3) is 0.391. The molecule has 3 N–H and O–H groups in total. The quantitative estimate of drug-likeness (QED) is 0.367. The van der Waals surface area contributed by atoms with Crippen LogP contribution in [0, 0.1) is 0 Å². The summed E-state index contributed by atoms with van der Waals surface area (Å²) in [6, 6.07) is 13.6. The molecule has 2 aromatic rings. The Bertz CT molecular complexity index is 1100. The van der Waals surface area contributed by atoms with Crippen LogP contribution in [0.5, 0.6) is 11.5 Å². The summed E-state index contributed by atoms with van der Waals surface area (Å²) in [5, 5.41) is 9.24. The number of thioether (sulfide) groups is 1. The van der Waals surface area contributed by atoms with Crippen molar-refractivity contribution in [2.24, 2.45) is 0 Å². The number of ether oxygens (including phenoxy) is 1. The SMILES string of the molecule is CS(=O)(=O)c1ccc(Oc2ccc(NC(=O)CCCC[C@@H]3SC[C@@H]4NC(=O)N[C@@H]43)cc2)cc1. The summed E-state index contributed by atoms with van der Waals surface area (Å²) in [7, 11) is -3.24. The Morgan fingerprint density at radius 3 is 2.39 bits per heavy atom. The summed E-state index contributed by atoms with van der Waals surface area (Å²) in [6.45, 7) is 0. The minimum absolute atomic E-state index is 0.0344. The number of anilines is 1. The predicted octanol–water partition coefficient (Wildman–Crippen LogP) is 3.55. The van der Waals surface area contributed by atoms with Crippen LogP contribution in [-0.2, 0) is 14.6 Å². The number of rotatable bonds is 9. The number of carbonyl (C=O) groups is 2. The molecule has 4 rings (SSSR count). The van der Waals surface area contributed by atoms with Gasteiger partial charge in [-0.05, 0) is 61.4 Å². The van der Waals surface area contributed by atoms with Gasteiger partial charge in [0, 0.05) is 29.4 Å². The molecule has 3 atom stereocenters. The monoisotopic (exact) mass is 489 g/mol. The number of benzene rings is 2. The van der Waals surface area contributed by atoms with Gasteiger partial charge in [-0.1, -0.05) is 6.42 Å². The second kappa shape index (κ2) is 10.0. The summed E-state index contributed by atoms with van der Waals surface area (Å²) >= 11 is 1.88. The van der Waals surface area contributed by atoms with Crippen LogP contribution in [-0.4, -0.2) is 49.7 Å². The Balaban J connectivity index is 1.18. The van der Waals surface area contributed by atoms with Crippen LogP contribution >= 0.6 is 11.8 Å². The maximum absolute atomic E-state index is 12.3. The molecule has 33 heavy (non-hydrogen) atoms. The highest BCUT2D eigenvalue weighted by Gasteiger charge is 2.42. The molecule has 0 unspecified atom stereocenters. The lowest BCUT2D eigenvalue weighted by molar-refractivity contribution is -0.116. The Morgan fingerprint density at radius 2 is 1.73 bits per heavy atom. The van der Waals surface area contributed by atoms with E-state index in [1.165, 1.54) is 12.1 Å². The summed E-state index contributed by atoms with van der Waals surface area (Å²) in [5.41, 5.74) is 0.689. The van der Waals surface area contributed by atoms with Crippen molar-refractivity contribution in [3.8, 4) is 11.5 Å². The molecule has 2 aliphatic heterocycles. The van der Waals surface area contributed by atoms with Crippen LogP contribution in [0.1, 0.15) is 25.7 Å². The van der Waals surface area contributed by atoms with E-state index in [0.717, 1.165) is 31.3 Å². The number of amides is 3. The van der Waals surface area contributed by atoms with Crippen LogP contribution in [0.15, 0.2) is 53.4 Å². The third-order valence-electron chi connectivity index (χ3n) is 5.71. The van der Waals surface area contributed by atoms with Crippen molar-refractivity contribution in [2.75, 3.05) is 17.3 Å². The average molecular weight is 490 g/mol. The molecule has 2 saturated heterocycles. The Morgan fingerprint density at radius 1 is 1.06 bits per heavy atom. The van der Waals surface area contributed by atoms with Crippen molar-refractivity contribution in [3.63, 3.8) is 0 Å². The van der Waals surface area contributed by atoms with Gasteiger partial charge in [0.15, 0.2) is 9.84 Å². The number of urea groups is 1. The normalized spacial score (nSPS) is 21.7. The third kappa shape index (κ3) is 6.20. The highest BCUT2D eigenvalue weighted by atomic mass is 32.2. The van der Waals surface area contributed by atoms with E-state index in [1.807, 2.05) is 11.8 Å². The molecule has 2 fully saturated rings. The minimum atomic E-state index is -3.24. The summed E-state index contributed by atoms with van der Waals surface area (Å²) in [4.78, 5) is 23.9. The average Bonchev–Trinajstić information content (AvgIpc) is 3.32. The standard InChI is InChI=1S/C23H27N3O5S2/c1-33(29,30)18-12-10-17(11-13-18)31-16-8-6-15(7-9-16)24-21(27)5-3-2-4-20-22-19(14-32-20)25-23(28)26-22/h6-13,19-20,22H,2-5,14H2,1H3,(H,24,27)(H2,25,26,28)/t19-,20-,22-/m0/s1. The number of fused-ring (bicyclic) bond motifs is 1. The first-order valence-corrected chi connectivity index (χ1v) is 13.8. The Kier molecular flexibility index (Phi) is 7.14. The van der Waals surface area contributed by atoms with Gasteiger partial charge in [-0.25, -0.2) is 13.2 Å². The van der Waals surface area contributed by atoms with E-state index < -0.39 is 9.84 Å². The number of sulfone groups is 1. The first-order chi connectivity index (χ1) is 15.8. The van der Waals surface area contributed by atoms with Gasteiger partial charge in [-0.3, -0.25) is 4.79 Å². The molecule has 2 heterocycles. The lowest BCUT2D eigenvalue weighted by Gasteiger charge is -2.16. The summed E-state index contributed by atoms with van der Waals surface area (Å²) in [6.07, 6.45) is 4.33. The third-order valence-corrected chi connectivity index (χ3v) is 8.34. The molecule has 0 aliphatic carbocycles. The van der Waals surface area contributed by atoms with E-state index >= 15 is 0 Å². The molecule has 176 valence electrons. The van der Waals surface area contributed by atoms with Crippen molar-refractivity contribution < 1.29 is 22.7 Å². The molecular weight excluding hydrogens is 462 g/mol. The van der Waals surface area contributed by atoms with Crippen molar-refractivity contribution in [1.82, 2.24) is 10.6 Å². The molecule has 2 aromatic carbocycles. The van der Waals surface area contributed by atoms with Gasteiger partial charge in [-0.15, -0.1) is 0 Å².